The topological polar surface area (TPSA) is 17.1 Å². The molecule has 0 fully saturated rings. The molecule has 0 saturated carbocycles. The van der Waals surface area contributed by atoms with Crippen molar-refractivity contribution >= 4 is 11.4 Å². The molecule has 0 unspecified atom stereocenters. The molecule has 0 saturated heterocycles. The number of ketones is 1. The monoisotopic (exact) mass is 232 g/mol. The van der Waals surface area contributed by atoms with Crippen LogP contribution in [0.2, 0.25) is 0 Å². The van der Waals surface area contributed by atoms with Crippen LogP contribution in [0.3, 0.4) is 0 Å². The minimum Gasteiger partial charge on any atom is -0.295 e. The first-order valence-electron chi connectivity index (χ1n) is 5.87. The summed E-state index contributed by atoms with van der Waals surface area (Å²) in [5, 5.41) is 0. The van der Waals surface area contributed by atoms with Crippen molar-refractivity contribution in [2.75, 3.05) is 0 Å². The van der Waals surface area contributed by atoms with E-state index in [0.29, 0.717) is 6.42 Å². The molecule has 1 aliphatic carbocycles. The van der Waals surface area contributed by atoms with Gasteiger partial charge in [-0.2, -0.15) is 0 Å². The SMILES string of the molecule is Cc1cc(F)cc(C2=CC(=O)CC(C)(C)C2)c1. The first-order chi connectivity index (χ1) is 7.85. The van der Waals surface area contributed by atoms with Crippen molar-refractivity contribution in [3.8, 4) is 0 Å². The average molecular weight is 232 g/mol. The fraction of sp³-hybridized carbons (Fsp3) is 0.400. The summed E-state index contributed by atoms with van der Waals surface area (Å²) in [6.45, 7) is 6.01. The fourth-order valence-electron chi connectivity index (χ4n) is 2.45. The standard InChI is InChI=1S/C15H17FO/c1-10-4-11(6-13(16)5-10)12-7-14(17)9-15(2,3)8-12/h4-7H,8-9H2,1-3H3. The van der Waals surface area contributed by atoms with Gasteiger partial charge in [0.25, 0.3) is 0 Å². The molecule has 90 valence electrons. The largest absolute Gasteiger partial charge is 0.295 e. The van der Waals surface area contributed by atoms with Crippen LogP contribution in [0.4, 0.5) is 4.39 Å². The number of halogens is 1. The Hall–Kier alpha value is -1.44. The molecule has 2 rings (SSSR count). The van der Waals surface area contributed by atoms with Gasteiger partial charge in [0.05, 0.1) is 0 Å². The van der Waals surface area contributed by atoms with Crippen molar-refractivity contribution in [2.45, 2.75) is 33.6 Å². The molecule has 0 bridgehead atoms. The normalized spacial score (nSPS) is 19.1. The number of allylic oxidation sites excluding steroid dienone is 2. The van der Waals surface area contributed by atoms with Gasteiger partial charge in [0, 0.05) is 6.42 Å². The van der Waals surface area contributed by atoms with E-state index in [-0.39, 0.29) is 17.0 Å². The number of rotatable bonds is 1. The zero-order valence-corrected chi connectivity index (χ0v) is 10.5. The fourth-order valence-corrected chi connectivity index (χ4v) is 2.45. The third kappa shape index (κ3) is 2.82. The van der Waals surface area contributed by atoms with Crippen molar-refractivity contribution in [1.29, 1.82) is 0 Å². The predicted octanol–water partition coefficient (Wildman–Crippen LogP) is 3.91. The Balaban J connectivity index is 2.43. The first kappa shape index (κ1) is 12.0. The maximum absolute atomic E-state index is 13.4. The minimum atomic E-state index is -0.239. The van der Waals surface area contributed by atoms with E-state index in [1.807, 2.05) is 13.0 Å². The Morgan fingerprint density at radius 1 is 1.18 bits per heavy atom. The highest BCUT2D eigenvalue weighted by Gasteiger charge is 2.28. The van der Waals surface area contributed by atoms with Crippen LogP contribution in [-0.4, -0.2) is 5.78 Å². The van der Waals surface area contributed by atoms with Gasteiger partial charge in [0.2, 0.25) is 0 Å². The van der Waals surface area contributed by atoms with Crippen molar-refractivity contribution < 1.29 is 9.18 Å². The third-order valence-electron chi connectivity index (χ3n) is 3.07. The van der Waals surface area contributed by atoms with Crippen LogP contribution in [-0.2, 0) is 4.79 Å². The van der Waals surface area contributed by atoms with Crippen LogP contribution in [0.1, 0.15) is 37.8 Å². The van der Waals surface area contributed by atoms with E-state index in [9.17, 15) is 9.18 Å². The molecule has 0 atom stereocenters. The van der Waals surface area contributed by atoms with Crippen molar-refractivity contribution in [3.63, 3.8) is 0 Å². The Kier molecular flexibility index (Phi) is 2.90. The Labute approximate surface area is 101 Å². The van der Waals surface area contributed by atoms with Crippen molar-refractivity contribution in [2.24, 2.45) is 5.41 Å². The second-order valence-corrected chi connectivity index (χ2v) is 5.67. The molecular weight excluding hydrogens is 215 g/mol. The van der Waals surface area contributed by atoms with Gasteiger partial charge in [-0.05, 0) is 53.7 Å². The summed E-state index contributed by atoms with van der Waals surface area (Å²) in [7, 11) is 0. The lowest BCUT2D eigenvalue weighted by Gasteiger charge is -2.29. The van der Waals surface area contributed by atoms with E-state index in [0.717, 1.165) is 23.1 Å². The van der Waals surface area contributed by atoms with Crippen LogP contribution >= 0.6 is 0 Å². The summed E-state index contributed by atoms with van der Waals surface area (Å²) in [4.78, 5) is 11.7. The summed E-state index contributed by atoms with van der Waals surface area (Å²) < 4.78 is 13.4. The zero-order valence-electron chi connectivity index (χ0n) is 10.5. The number of hydrogen-bond acceptors (Lipinski definition) is 1. The molecule has 0 spiro atoms. The van der Waals surface area contributed by atoms with Crippen LogP contribution in [0.5, 0.6) is 0 Å². The van der Waals surface area contributed by atoms with E-state index in [1.54, 1.807) is 6.08 Å². The molecule has 0 amide bonds. The number of carbonyl (C=O) groups is 1. The second kappa shape index (κ2) is 4.10. The van der Waals surface area contributed by atoms with Gasteiger partial charge in [-0.1, -0.05) is 19.9 Å². The number of hydrogen-bond donors (Lipinski definition) is 0. The maximum atomic E-state index is 13.4. The smallest absolute Gasteiger partial charge is 0.156 e. The lowest BCUT2D eigenvalue weighted by molar-refractivity contribution is -0.116. The lowest BCUT2D eigenvalue weighted by atomic mass is 9.75. The van der Waals surface area contributed by atoms with Gasteiger partial charge in [0.1, 0.15) is 5.82 Å². The van der Waals surface area contributed by atoms with Gasteiger partial charge in [0.15, 0.2) is 5.78 Å². The number of aryl methyl sites for hydroxylation is 1. The molecule has 2 heteroatoms. The molecule has 0 heterocycles. The first-order valence-corrected chi connectivity index (χ1v) is 5.87. The number of benzene rings is 1. The van der Waals surface area contributed by atoms with Crippen LogP contribution in [0.15, 0.2) is 24.3 Å². The molecule has 0 N–H and O–H groups in total. The van der Waals surface area contributed by atoms with Gasteiger partial charge in [-0.3, -0.25) is 4.79 Å². The molecule has 1 aliphatic rings. The van der Waals surface area contributed by atoms with E-state index in [2.05, 4.69) is 13.8 Å². The Morgan fingerprint density at radius 2 is 1.88 bits per heavy atom. The van der Waals surface area contributed by atoms with E-state index < -0.39 is 0 Å². The summed E-state index contributed by atoms with van der Waals surface area (Å²) in [6, 6.07) is 4.94. The van der Waals surface area contributed by atoms with Gasteiger partial charge >= 0.3 is 0 Å². The van der Waals surface area contributed by atoms with Crippen LogP contribution in [0.25, 0.3) is 5.57 Å². The van der Waals surface area contributed by atoms with Gasteiger partial charge < -0.3 is 0 Å². The van der Waals surface area contributed by atoms with E-state index in [1.165, 1.54) is 12.1 Å². The molecule has 0 aliphatic heterocycles. The van der Waals surface area contributed by atoms with Crippen LogP contribution < -0.4 is 0 Å². The molecule has 0 aromatic heterocycles. The van der Waals surface area contributed by atoms with Crippen LogP contribution in [0, 0.1) is 18.2 Å². The maximum Gasteiger partial charge on any atom is 0.156 e. The minimum absolute atomic E-state index is 0.0264. The molecule has 17 heavy (non-hydrogen) atoms. The molecule has 1 nitrogen and oxygen atoms in total. The molecule has 1 aromatic carbocycles. The van der Waals surface area contributed by atoms with Gasteiger partial charge in [-0.15, -0.1) is 0 Å². The Morgan fingerprint density at radius 3 is 2.47 bits per heavy atom. The summed E-state index contributed by atoms with van der Waals surface area (Å²) >= 11 is 0. The average Bonchev–Trinajstić information content (AvgIpc) is 2.12. The summed E-state index contributed by atoms with van der Waals surface area (Å²) in [5.74, 6) is -0.102. The highest BCUT2D eigenvalue weighted by atomic mass is 19.1. The van der Waals surface area contributed by atoms with Crippen molar-refractivity contribution in [3.05, 3.63) is 41.2 Å². The highest BCUT2D eigenvalue weighted by molar-refractivity contribution is 5.99. The predicted molar refractivity (Wildman–Crippen MR) is 67.1 cm³/mol. The zero-order chi connectivity index (χ0) is 12.6. The quantitative estimate of drug-likeness (QED) is 0.717. The number of carbonyl (C=O) groups excluding carboxylic acids is 1. The summed E-state index contributed by atoms with van der Waals surface area (Å²) in [5.41, 5.74) is 2.65. The molecule has 0 radical (unpaired) electrons. The van der Waals surface area contributed by atoms with Gasteiger partial charge in [-0.25, -0.2) is 4.39 Å². The second-order valence-electron chi connectivity index (χ2n) is 5.67. The Bertz CT molecular complexity index is 477. The van der Waals surface area contributed by atoms with E-state index >= 15 is 0 Å². The molecular formula is C15H17FO. The highest BCUT2D eigenvalue weighted by Crippen LogP contribution is 2.38. The lowest BCUT2D eigenvalue weighted by Crippen LogP contribution is -2.21. The van der Waals surface area contributed by atoms with Crippen molar-refractivity contribution in [1.82, 2.24) is 0 Å². The summed E-state index contributed by atoms with van der Waals surface area (Å²) in [6.07, 6.45) is 3.06. The molecule has 1 aromatic rings. The van der Waals surface area contributed by atoms with E-state index in [4.69, 9.17) is 0 Å². The third-order valence-corrected chi connectivity index (χ3v) is 3.07.